The van der Waals surface area contributed by atoms with E-state index in [0.717, 1.165) is 26.2 Å². The lowest BCUT2D eigenvalue weighted by Gasteiger charge is -2.44. The zero-order valence-electron chi connectivity index (χ0n) is 9.13. The van der Waals surface area contributed by atoms with Crippen molar-refractivity contribution in [3.05, 3.63) is 0 Å². The van der Waals surface area contributed by atoms with Gasteiger partial charge in [0, 0.05) is 19.6 Å². The first-order valence-corrected chi connectivity index (χ1v) is 4.87. The van der Waals surface area contributed by atoms with Crippen LogP contribution in [0.15, 0.2) is 0 Å². The molecule has 0 unspecified atom stereocenters. The van der Waals surface area contributed by atoms with Gasteiger partial charge in [-0.2, -0.15) is 0 Å². The molecule has 1 heterocycles. The molecule has 0 aromatic carbocycles. The molecular formula is C10H21NO2. The minimum absolute atomic E-state index is 0.0482. The van der Waals surface area contributed by atoms with Crippen molar-refractivity contribution in [3.8, 4) is 0 Å². The number of nitrogens with zero attached hydrogens (tertiary/aromatic N) is 1. The maximum absolute atomic E-state index is 9.46. The molecule has 0 aromatic rings. The third-order valence-corrected chi connectivity index (χ3v) is 2.07. The van der Waals surface area contributed by atoms with Crippen LogP contribution in [-0.4, -0.2) is 47.4 Å². The summed E-state index contributed by atoms with van der Waals surface area (Å²) in [6.07, 6.45) is 0. The summed E-state index contributed by atoms with van der Waals surface area (Å²) in [6, 6.07) is 0. The Balaban J connectivity index is 2.03. The number of rotatable bonds is 3. The van der Waals surface area contributed by atoms with Crippen molar-refractivity contribution in [2.75, 3.05) is 26.2 Å². The maximum atomic E-state index is 9.46. The van der Waals surface area contributed by atoms with Gasteiger partial charge in [0.25, 0.3) is 0 Å². The van der Waals surface area contributed by atoms with E-state index in [0.29, 0.717) is 0 Å². The predicted octanol–water partition coefficient (Wildman–Crippen LogP) is 0.868. The van der Waals surface area contributed by atoms with E-state index in [1.807, 2.05) is 6.92 Å². The van der Waals surface area contributed by atoms with E-state index in [1.54, 1.807) is 0 Å². The second kappa shape index (κ2) is 3.56. The number of aliphatic hydroxyl groups is 1. The van der Waals surface area contributed by atoms with Gasteiger partial charge in [-0.3, -0.25) is 4.90 Å². The number of hydrogen-bond donors (Lipinski definition) is 1. The van der Waals surface area contributed by atoms with E-state index in [1.165, 1.54) is 0 Å². The van der Waals surface area contributed by atoms with Crippen LogP contribution in [0.2, 0.25) is 0 Å². The zero-order chi connectivity index (χ0) is 10.1. The van der Waals surface area contributed by atoms with Gasteiger partial charge < -0.3 is 9.84 Å². The summed E-state index contributed by atoms with van der Waals surface area (Å²) in [5, 5.41) is 9.46. The predicted molar refractivity (Wildman–Crippen MR) is 52.8 cm³/mol. The number of hydrogen-bond acceptors (Lipinski definition) is 3. The van der Waals surface area contributed by atoms with E-state index >= 15 is 0 Å². The molecule has 1 rings (SSSR count). The molecule has 1 aliphatic rings. The first kappa shape index (κ1) is 11.0. The summed E-state index contributed by atoms with van der Waals surface area (Å²) in [4.78, 5) is 2.20. The lowest BCUT2D eigenvalue weighted by molar-refractivity contribution is -0.0994. The number of β-amino-alcohol motifs (C(OH)–C–C–N with tert-alkyl or cyclic N) is 1. The Hall–Kier alpha value is -0.120. The molecule has 78 valence electrons. The molecule has 0 spiro atoms. The highest BCUT2D eigenvalue weighted by molar-refractivity contribution is 4.91. The molecule has 1 aliphatic heterocycles. The van der Waals surface area contributed by atoms with Crippen molar-refractivity contribution in [1.29, 1.82) is 0 Å². The molecule has 0 aromatic heterocycles. The highest BCUT2D eigenvalue weighted by atomic mass is 16.5. The van der Waals surface area contributed by atoms with Crippen LogP contribution in [0.25, 0.3) is 0 Å². The molecule has 1 saturated heterocycles. The fourth-order valence-corrected chi connectivity index (χ4v) is 1.56. The summed E-state index contributed by atoms with van der Waals surface area (Å²) in [6.45, 7) is 11.3. The van der Waals surface area contributed by atoms with Gasteiger partial charge in [-0.15, -0.1) is 0 Å². The van der Waals surface area contributed by atoms with Gasteiger partial charge in [-0.1, -0.05) is 0 Å². The smallest absolute Gasteiger partial charge is 0.0872 e. The van der Waals surface area contributed by atoms with Crippen molar-refractivity contribution in [2.45, 2.75) is 38.9 Å². The normalized spacial score (nSPS) is 22.8. The van der Waals surface area contributed by atoms with E-state index in [-0.39, 0.29) is 5.60 Å². The van der Waals surface area contributed by atoms with Crippen LogP contribution >= 0.6 is 0 Å². The number of ether oxygens (including phenoxy) is 1. The number of likely N-dealkylation sites (tertiary alicyclic amines) is 1. The molecule has 3 nitrogen and oxygen atoms in total. The monoisotopic (exact) mass is 187 g/mol. The topological polar surface area (TPSA) is 32.7 Å². The third kappa shape index (κ3) is 4.07. The van der Waals surface area contributed by atoms with Crippen molar-refractivity contribution in [1.82, 2.24) is 4.90 Å². The van der Waals surface area contributed by atoms with Gasteiger partial charge in [0.15, 0.2) is 0 Å². The highest BCUT2D eigenvalue weighted by Crippen LogP contribution is 2.19. The molecule has 0 amide bonds. The molecule has 1 N–H and O–H groups in total. The molecule has 0 aliphatic carbocycles. The minimum Gasteiger partial charge on any atom is -0.388 e. The molecule has 0 saturated carbocycles. The van der Waals surface area contributed by atoms with E-state index in [4.69, 9.17) is 4.74 Å². The van der Waals surface area contributed by atoms with Gasteiger partial charge >= 0.3 is 0 Å². The highest BCUT2D eigenvalue weighted by Gasteiger charge is 2.35. The summed E-state index contributed by atoms with van der Waals surface area (Å²) in [5.41, 5.74) is -0.505. The Morgan fingerprint density at radius 2 is 1.92 bits per heavy atom. The van der Waals surface area contributed by atoms with Gasteiger partial charge in [0.1, 0.15) is 0 Å². The average molecular weight is 187 g/mol. The molecular weight excluding hydrogens is 166 g/mol. The van der Waals surface area contributed by atoms with Gasteiger partial charge in [0.05, 0.1) is 17.8 Å². The lowest BCUT2D eigenvalue weighted by atomic mass is 9.97. The minimum atomic E-state index is -0.457. The first-order chi connectivity index (χ1) is 5.79. The summed E-state index contributed by atoms with van der Waals surface area (Å²) in [7, 11) is 0. The first-order valence-electron chi connectivity index (χ1n) is 4.87. The average Bonchev–Trinajstić information content (AvgIpc) is 1.79. The van der Waals surface area contributed by atoms with Crippen LogP contribution in [0.5, 0.6) is 0 Å². The summed E-state index contributed by atoms with van der Waals surface area (Å²) >= 11 is 0. The molecule has 1 fully saturated rings. The van der Waals surface area contributed by atoms with E-state index in [9.17, 15) is 5.11 Å². The second-order valence-corrected chi connectivity index (χ2v) is 5.17. The van der Waals surface area contributed by atoms with Crippen LogP contribution in [0.1, 0.15) is 27.7 Å². The van der Waals surface area contributed by atoms with Crippen LogP contribution in [0.3, 0.4) is 0 Å². The Morgan fingerprint density at radius 3 is 2.31 bits per heavy atom. The van der Waals surface area contributed by atoms with Crippen LogP contribution in [0.4, 0.5) is 0 Å². The SMILES string of the molecule is CC1(O)CN(CCOC(C)(C)C)C1. The summed E-state index contributed by atoms with van der Waals surface area (Å²) in [5.74, 6) is 0. The van der Waals surface area contributed by atoms with Crippen molar-refractivity contribution in [3.63, 3.8) is 0 Å². The quantitative estimate of drug-likeness (QED) is 0.711. The van der Waals surface area contributed by atoms with E-state index in [2.05, 4.69) is 25.7 Å². The Labute approximate surface area is 80.7 Å². The molecule has 0 radical (unpaired) electrons. The van der Waals surface area contributed by atoms with E-state index < -0.39 is 5.60 Å². The third-order valence-electron chi connectivity index (χ3n) is 2.07. The second-order valence-electron chi connectivity index (χ2n) is 5.17. The van der Waals surface area contributed by atoms with Crippen molar-refractivity contribution >= 4 is 0 Å². The summed E-state index contributed by atoms with van der Waals surface area (Å²) < 4.78 is 5.58. The van der Waals surface area contributed by atoms with Crippen molar-refractivity contribution < 1.29 is 9.84 Å². The largest absolute Gasteiger partial charge is 0.388 e. The maximum Gasteiger partial charge on any atom is 0.0872 e. The molecule has 3 heteroatoms. The Kier molecular flexibility index (Phi) is 3.00. The fourth-order valence-electron chi connectivity index (χ4n) is 1.56. The van der Waals surface area contributed by atoms with Crippen LogP contribution in [-0.2, 0) is 4.74 Å². The van der Waals surface area contributed by atoms with Gasteiger partial charge in [-0.05, 0) is 27.7 Å². The van der Waals surface area contributed by atoms with Crippen LogP contribution < -0.4 is 0 Å². The Morgan fingerprint density at radius 1 is 1.38 bits per heavy atom. The van der Waals surface area contributed by atoms with Gasteiger partial charge in [0.2, 0.25) is 0 Å². The molecule has 13 heavy (non-hydrogen) atoms. The molecule has 0 atom stereocenters. The van der Waals surface area contributed by atoms with Crippen molar-refractivity contribution in [2.24, 2.45) is 0 Å². The lowest BCUT2D eigenvalue weighted by Crippen LogP contribution is -2.60. The van der Waals surface area contributed by atoms with Gasteiger partial charge in [-0.25, -0.2) is 0 Å². The standard InChI is InChI=1S/C10H21NO2/c1-9(2,3)13-6-5-11-7-10(4,12)8-11/h12H,5-8H2,1-4H3. The Bertz CT molecular complexity index is 164. The fraction of sp³-hybridized carbons (Fsp3) is 1.00. The molecule has 0 bridgehead atoms. The zero-order valence-corrected chi connectivity index (χ0v) is 9.13. The van der Waals surface area contributed by atoms with Crippen LogP contribution in [0, 0.1) is 0 Å².